The first-order valence-corrected chi connectivity index (χ1v) is 7.89. The Bertz CT molecular complexity index is 386. The van der Waals surface area contributed by atoms with Gasteiger partial charge in [-0.2, -0.15) is 0 Å². The summed E-state index contributed by atoms with van der Waals surface area (Å²) in [4.78, 5) is 0. The minimum Gasteiger partial charge on any atom is -0.351 e. The smallest absolute Gasteiger partial charge is 0.0361 e. The average molecular weight is 262 g/mol. The summed E-state index contributed by atoms with van der Waals surface area (Å²) in [6.07, 6.45) is 7.70. The molecule has 2 rings (SSSR count). The van der Waals surface area contributed by atoms with Crippen LogP contribution in [0.1, 0.15) is 59.1 Å². The number of rotatable bonds is 4. The van der Waals surface area contributed by atoms with E-state index in [2.05, 4.69) is 55.9 Å². The van der Waals surface area contributed by atoms with Crippen LogP contribution in [0.15, 0.2) is 18.3 Å². The molecule has 1 aliphatic rings. The van der Waals surface area contributed by atoms with Crippen molar-refractivity contribution in [3.05, 3.63) is 24.0 Å². The number of nitrogens with zero attached hydrogens (tertiary/aromatic N) is 1. The van der Waals surface area contributed by atoms with E-state index in [0.717, 1.165) is 19.0 Å². The van der Waals surface area contributed by atoms with E-state index in [9.17, 15) is 0 Å². The molecular weight excluding hydrogens is 232 g/mol. The molecule has 2 atom stereocenters. The lowest BCUT2D eigenvalue weighted by Gasteiger charge is -2.41. The highest BCUT2D eigenvalue weighted by Gasteiger charge is 2.33. The number of nitrogens with one attached hydrogen (secondary N) is 1. The Kier molecular flexibility index (Phi) is 4.72. The summed E-state index contributed by atoms with van der Waals surface area (Å²) in [6.45, 7) is 11.5. The van der Waals surface area contributed by atoms with Crippen LogP contribution in [0.4, 0.5) is 0 Å². The van der Waals surface area contributed by atoms with Crippen LogP contribution in [0.5, 0.6) is 0 Å². The summed E-state index contributed by atoms with van der Waals surface area (Å²) in [5.74, 6) is 0.811. The fraction of sp³-hybridized carbons (Fsp3) is 0.765. The molecule has 1 aromatic rings. The van der Waals surface area contributed by atoms with Gasteiger partial charge in [0.05, 0.1) is 0 Å². The molecule has 1 aliphatic carbocycles. The second-order valence-electron chi connectivity index (χ2n) is 7.03. The molecule has 108 valence electrons. The zero-order valence-corrected chi connectivity index (χ0v) is 13.1. The van der Waals surface area contributed by atoms with E-state index in [4.69, 9.17) is 0 Å². The lowest BCUT2D eigenvalue weighted by atomic mass is 9.69. The zero-order valence-electron chi connectivity index (χ0n) is 13.1. The van der Waals surface area contributed by atoms with Gasteiger partial charge in [-0.25, -0.2) is 0 Å². The molecule has 0 spiro atoms. The first-order valence-electron chi connectivity index (χ1n) is 7.89. The summed E-state index contributed by atoms with van der Waals surface area (Å²) < 4.78 is 2.34. The van der Waals surface area contributed by atoms with Crippen LogP contribution in [0.3, 0.4) is 0 Å². The lowest BCUT2D eigenvalue weighted by molar-refractivity contribution is 0.130. The van der Waals surface area contributed by atoms with Gasteiger partial charge in [-0.15, -0.1) is 0 Å². The molecule has 1 aromatic heterocycles. The molecule has 1 heterocycles. The average Bonchev–Trinajstić information content (AvgIpc) is 2.83. The van der Waals surface area contributed by atoms with E-state index in [1.54, 1.807) is 0 Å². The van der Waals surface area contributed by atoms with Crippen LogP contribution in [0, 0.1) is 11.3 Å². The SMILES string of the molecule is CCn1cccc1CNC1CCCCC1C(C)(C)C. The fourth-order valence-corrected chi connectivity index (χ4v) is 3.57. The highest BCUT2D eigenvalue weighted by atomic mass is 15.0. The van der Waals surface area contributed by atoms with Gasteiger partial charge in [0, 0.05) is 31.0 Å². The van der Waals surface area contributed by atoms with Crippen molar-refractivity contribution in [2.75, 3.05) is 0 Å². The molecule has 1 N–H and O–H groups in total. The predicted octanol–water partition coefficient (Wildman–Crippen LogP) is 4.20. The Morgan fingerprint density at radius 3 is 2.68 bits per heavy atom. The van der Waals surface area contributed by atoms with Crippen molar-refractivity contribution in [1.82, 2.24) is 9.88 Å². The number of hydrogen-bond acceptors (Lipinski definition) is 1. The highest BCUT2D eigenvalue weighted by molar-refractivity contribution is 5.07. The Labute approximate surface area is 118 Å². The van der Waals surface area contributed by atoms with Crippen molar-refractivity contribution in [2.45, 2.75) is 72.5 Å². The zero-order chi connectivity index (χ0) is 13.9. The molecular formula is C17H30N2. The molecule has 0 aromatic carbocycles. The summed E-state index contributed by atoms with van der Waals surface area (Å²) in [5.41, 5.74) is 1.84. The fourth-order valence-electron chi connectivity index (χ4n) is 3.57. The van der Waals surface area contributed by atoms with Crippen molar-refractivity contribution < 1.29 is 0 Å². The third-order valence-corrected chi connectivity index (χ3v) is 4.69. The maximum Gasteiger partial charge on any atom is 0.0361 e. The van der Waals surface area contributed by atoms with Gasteiger partial charge in [0.15, 0.2) is 0 Å². The third-order valence-electron chi connectivity index (χ3n) is 4.69. The van der Waals surface area contributed by atoms with Gasteiger partial charge < -0.3 is 9.88 Å². The Morgan fingerprint density at radius 1 is 1.26 bits per heavy atom. The quantitative estimate of drug-likeness (QED) is 0.860. The minimum atomic E-state index is 0.421. The molecule has 2 unspecified atom stereocenters. The molecule has 0 radical (unpaired) electrons. The van der Waals surface area contributed by atoms with Gasteiger partial charge in [0.25, 0.3) is 0 Å². The van der Waals surface area contributed by atoms with Crippen molar-refractivity contribution >= 4 is 0 Å². The first-order chi connectivity index (χ1) is 9.02. The van der Waals surface area contributed by atoms with Crippen LogP contribution < -0.4 is 5.32 Å². The predicted molar refractivity (Wildman–Crippen MR) is 82.1 cm³/mol. The molecule has 0 bridgehead atoms. The molecule has 0 amide bonds. The summed E-state index contributed by atoms with van der Waals surface area (Å²) >= 11 is 0. The van der Waals surface area contributed by atoms with E-state index in [1.165, 1.54) is 31.4 Å². The van der Waals surface area contributed by atoms with Gasteiger partial charge in [-0.1, -0.05) is 33.6 Å². The molecule has 0 aliphatic heterocycles. The standard InChI is InChI=1S/C17H30N2/c1-5-19-12-8-9-14(19)13-18-16-11-7-6-10-15(16)17(2,3)4/h8-9,12,15-16,18H,5-7,10-11,13H2,1-4H3. The van der Waals surface area contributed by atoms with E-state index >= 15 is 0 Å². The van der Waals surface area contributed by atoms with E-state index < -0.39 is 0 Å². The highest BCUT2D eigenvalue weighted by Crippen LogP contribution is 2.38. The largest absolute Gasteiger partial charge is 0.351 e. The van der Waals surface area contributed by atoms with Crippen molar-refractivity contribution in [1.29, 1.82) is 0 Å². The van der Waals surface area contributed by atoms with E-state index in [1.807, 2.05) is 0 Å². The molecule has 2 nitrogen and oxygen atoms in total. The molecule has 2 heteroatoms. The molecule has 1 saturated carbocycles. The minimum absolute atomic E-state index is 0.421. The second-order valence-corrected chi connectivity index (χ2v) is 7.03. The molecule has 19 heavy (non-hydrogen) atoms. The second kappa shape index (κ2) is 6.13. The molecule has 1 fully saturated rings. The number of hydrogen-bond donors (Lipinski definition) is 1. The van der Waals surface area contributed by atoms with Crippen LogP contribution in [0.2, 0.25) is 0 Å². The van der Waals surface area contributed by atoms with E-state index in [0.29, 0.717) is 11.5 Å². The van der Waals surface area contributed by atoms with Crippen molar-refractivity contribution in [3.63, 3.8) is 0 Å². The normalized spacial score (nSPS) is 24.6. The van der Waals surface area contributed by atoms with Crippen LogP contribution >= 0.6 is 0 Å². The molecule has 0 saturated heterocycles. The number of aryl methyl sites for hydroxylation is 1. The third kappa shape index (κ3) is 3.62. The maximum atomic E-state index is 3.83. The van der Waals surface area contributed by atoms with Crippen LogP contribution in [0.25, 0.3) is 0 Å². The van der Waals surface area contributed by atoms with Gasteiger partial charge >= 0.3 is 0 Å². The Balaban J connectivity index is 1.97. The van der Waals surface area contributed by atoms with E-state index in [-0.39, 0.29) is 0 Å². The van der Waals surface area contributed by atoms with Gasteiger partial charge in [0.1, 0.15) is 0 Å². The van der Waals surface area contributed by atoms with Gasteiger partial charge in [-0.05, 0) is 43.2 Å². The number of aromatic nitrogens is 1. The first kappa shape index (κ1) is 14.6. The summed E-state index contributed by atoms with van der Waals surface area (Å²) in [7, 11) is 0. The lowest BCUT2D eigenvalue weighted by Crippen LogP contribution is -2.44. The van der Waals surface area contributed by atoms with Gasteiger partial charge in [0.2, 0.25) is 0 Å². The monoisotopic (exact) mass is 262 g/mol. The van der Waals surface area contributed by atoms with Gasteiger partial charge in [-0.3, -0.25) is 0 Å². The summed E-state index contributed by atoms with van der Waals surface area (Å²) in [5, 5.41) is 3.83. The van der Waals surface area contributed by atoms with Crippen LogP contribution in [-0.2, 0) is 13.1 Å². The topological polar surface area (TPSA) is 17.0 Å². The van der Waals surface area contributed by atoms with Crippen LogP contribution in [-0.4, -0.2) is 10.6 Å². The Morgan fingerprint density at radius 2 is 2.00 bits per heavy atom. The summed E-state index contributed by atoms with van der Waals surface area (Å²) in [6, 6.07) is 5.09. The Hall–Kier alpha value is -0.760. The van der Waals surface area contributed by atoms with Crippen molar-refractivity contribution in [2.24, 2.45) is 11.3 Å². The maximum absolute atomic E-state index is 3.83. The van der Waals surface area contributed by atoms with Crippen molar-refractivity contribution in [3.8, 4) is 0 Å².